The molecule has 128 valence electrons. The van der Waals surface area contributed by atoms with E-state index in [4.69, 9.17) is 0 Å². The minimum absolute atomic E-state index is 0.00143. The number of benzene rings is 1. The van der Waals surface area contributed by atoms with E-state index >= 15 is 0 Å². The van der Waals surface area contributed by atoms with Crippen molar-refractivity contribution in [1.29, 1.82) is 0 Å². The molecule has 1 atom stereocenters. The number of hydrogen-bond acceptors (Lipinski definition) is 7. The van der Waals surface area contributed by atoms with Crippen LogP contribution in [-0.4, -0.2) is 45.6 Å². The number of carbonyl (C=O) groups excluding carboxylic acids is 1. The lowest BCUT2D eigenvalue weighted by Gasteiger charge is -2.24. The highest BCUT2D eigenvalue weighted by Crippen LogP contribution is 2.39. The Labute approximate surface area is 152 Å². The summed E-state index contributed by atoms with van der Waals surface area (Å²) >= 11 is 4.41. The molecule has 2 heterocycles. The molecule has 0 aliphatic carbocycles. The molecule has 1 aliphatic rings. The van der Waals surface area contributed by atoms with Gasteiger partial charge in [-0.05, 0) is 13.0 Å². The van der Waals surface area contributed by atoms with Gasteiger partial charge in [0.15, 0.2) is 4.34 Å². The number of aromatic nitrogens is 2. The van der Waals surface area contributed by atoms with E-state index in [1.165, 1.54) is 29.2 Å². The summed E-state index contributed by atoms with van der Waals surface area (Å²) in [6, 6.07) is 6.66. The third-order valence-corrected chi connectivity index (χ3v) is 6.68. The van der Waals surface area contributed by atoms with Gasteiger partial charge in [-0.25, -0.2) is 4.39 Å². The Morgan fingerprint density at radius 3 is 3.08 bits per heavy atom. The summed E-state index contributed by atoms with van der Waals surface area (Å²) in [5.74, 6) is 0.839. The lowest BCUT2D eigenvalue weighted by atomic mass is 10.2. The second-order valence-corrected chi connectivity index (χ2v) is 8.41. The summed E-state index contributed by atoms with van der Waals surface area (Å²) < 4.78 is 14.8. The molecule has 5 nitrogen and oxygen atoms in total. The van der Waals surface area contributed by atoms with Crippen LogP contribution in [0.3, 0.4) is 0 Å². The van der Waals surface area contributed by atoms with Crippen molar-refractivity contribution >= 4 is 45.9 Å². The Hall–Kier alpha value is -1.32. The van der Waals surface area contributed by atoms with Crippen LogP contribution in [0.5, 0.6) is 0 Å². The summed E-state index contributed by atoms with van der Waals surface area (Å²) in [5.41, 5.74) is 0.573. The molecular weight excluding hydrogens is 367 g/mol. The van der Waals surface area contributed by atoms with Crippen LogP contribution in [-0.2, 0) is 4.79 Å². The summed E-state index contributed by atoms with van der Waals surface area (Å²) in [6.07, 6.45) is 0. The Morgan fingerprint density at radius 2 is 2.29 bits per heavy atom. The molecule has 1 fully saturated rings. The highest BCUT2D eigenvalue weighted by Gasteiger charge is 2.32. The predicted molar refractivity (Wildman–Crippen MR) is 98.1 cm³/mol. The molecule has 1 aromatic carbocycles. The normalized spacial score (nSPS) is 17.2. The van der Waals surface area contributed by atoms with Gasteiger partial charge in [0.2, 0.25) is 11.0 Å². The molecule has 24 heavy (non-hydrogen) atoms. The van der Waals surface area contributed by atoms with Gasteiger partial charge in [-0.3, -0.25) is 4.79 Å². The Morgan fingerprint density at radius 1 is 1.46 bits per heavy atom. The summed E-state index contributed by atoms with van der Waals surface area (Å²) in [7, 11) is 0. The molecule has 0 saturated carbocycles. The topological polar surface area (TPSA) is 58.1 Å². The molecule has 1 saturated heterocycles. The highest BCUT2D eigenvalue weighted by molar-refractivity contribution is 8.01. The van der Waals surface area contributed by atoms with Crippen molar-refractivity contribution in [3.63, 3.8) is 0 Å². The molecule has 3 rings (SSSR count). The van der Waals surface area contributed by atoms with Crippen LogP contribution in [0.15, 0.2) is 28.6 Å². The zero-order chi connectivity index (χ0) is 16.9. The summed E-state index contributed by atoms with van der Waals surface area (Å²) in [5, 5.41) is 11.7. The minimum atomic E-state index is -0.262. The third kappa shape index (κ3) is 4.01. The van der Waals surface area contributed by atoms with E-state index < -0.39 is 0 Å². The van der Waals surface area contributed by atoms with Crippen molar-refractivity contribution in [1.82, 2.24) is 15.1 Å². The van der Waals surface area contributed by atoms with Gasteiger partial charge in [0.05, 0.1) is 5.75 Å². The molecule has 1 aliphatic heterocycles. The number of hydrogen-bond donors (Lipinski definition) is 1. The van der Waals surface area contributed by atoms with E-state index in [9.17, 15) is 9.18 Å². The molecule has 1 amide bonds. The van der Waals surface area contributed by atoms with Gasteiger partial charge < -0.3 is 10.2 Å². The second-order valence-electron chi connectivity index (χ2n) is 5.02. The Bertz CT molecular complexity index is 712. The van der Waals surface area contributed by atoms with Gasteiger partial charge >= 0.3 is 0 Å². The first-order valence-electron chi connectivity index (χ1n) is 7.54. The fraction of sp³-hybridized carbons (Fsp3) is 0.400. The van der Waals surface area contributed by atoms with Gasteiger partial charge in [-0.2, -0.15) is 0 Å². The van der Waals surface area contributed by atoms with Crippen LogP contribution < -0.4 is 5.32 Å². The second kappa shape index (κ2) is 8.17. The van der Waals surface area contributed by atoms with Crippen LogP contribution in [0.1, 0.15) is 17.9 Å². The quantitative estimate of drug-likeness (QED) is 0.770. The van der Waals surface area contributed by atoms with Crippen molar-refractivity contribution in [3.8, 4) is 0 Å². The van der Waals surface area contributed by atoms with Crippen LogP contribution in [0, 0.1) is 5.82 Å². The van der Waals surface area contributed by atoms with E-state index in [1.54, 1.807) is 34.9 Å². The number of amides is 1. The molecule has 1 aromatic heterocycles. The van der Waals surface area contributed by atoms with E-state index in [-0.39, 0.29) is 22.9 Å². The number of nitrogens with one attached hydrogen (secondary N) is 1. The Balaban J connectivity index is 1.62. The van der Waals surface area contributed by atoms with Gasteiger partial charge in [-0.15, -0.1) is 22.0 Å². The van der Waals surface area contributed by atoms with E-state index in [2.05, 4.69) is 15.5 Å². The number of carbonyl (C=O) groups is 1. The van der Waals surface area contributed by atoms with Crippen molar-refractivity contribution in [3.05, 3.63) is 35.6 Å². The van der Waals surface area contributed by atoms with E-state index in [1.807, 2.05) is 6.92 Å². The average Bonchev–Trinajstić information content (AvgIpc) is 3.23. The average molecular weight is 385 g/mol. The minimum Gasteiger partial charge on any atom is -0.360 e. The maximum atomic E-state index is 14.0. The van der Waals surface area contributed by atoms with Gasteiger partial charge in [0.25, 0.3) is 0 Å². The van der Waals surface area contributed by atoms with Crippen LogP contribution in [0.2, 0.25) is 0 Å². The smallest absolute Gasteiger partial charge is 0.234 e. The monoisotopic (exact) mass is 384 g/mol. The summed E-state index contributed by atoms with van der Waals surface area (Å²) in [4.78, 5) is 14.3. The number of rotatable bonds is 6. The highest BCUT2D eigenvalue weighted by atomic mass is 32.2. The van der Waals surface area contributed by atoms with Gasteiger partial charge in [0.1, 0.15) is 11.2 Å². The number of anilines is 1. The van der Waals surface area contributed by atoms with E-state index in [0.717, 1.165) is 21.8 Å². The zero-order valence-corrected chi connectivity index (χ0v) is 15.5. The van der Waals surface area contributed by atoms with Crippen LogP contribution in [0.4, 0.5) is 9.52 Å². The maximum absolute atomic E-state index is 14.0. The molecule has 1 N–H and O–H groups in total. The van der Waals surface area contributed by atoms with Crippen LogP contribution in [0.25, 0.3) is 0 Å². The SMILES string of the molecule is CCNc1nnc(SCC(=O)N2CCS[C@@H]2c2ccccc2F)s1. The largest absolute Gasteiger partial charge is 0.360 e. The standard InChI is InChI=1S/C15H17FN4OS3/c1-2-17-14-18-19-15(24-14)23-9-12(21)20-7-8-22-13(20)10-5-3-4-6-11(10)16/h3-6,13H,2,7-9H2,1H3,(H,17,18)/t13-/m1/s1. The fourth-order valence-corrected chi connectivity index (χ4v) is 5.36. The Kier molecular flexibility index (Phi) is 5.96. The lowest BCUT2D eigenvalue weighted by molar-refractivity contribution is -0.128. The number of nitrogens with zero attached hydrogens (tertiary/aromatic N) is 3. The molecular formula is C15H17FN4OS3. The predicted octanol–water partition coefficient (Wildman–Crippen LogP) is 3.48. The van der Waals surface area contributed by atoms with Gasteiger partial charge in [0, 0.05) is 24.4 Å². The molecule has 2 aromatic rings. The van der Waals surface area contributed by atoms with Gasteiger partial charge in [-0.1, -0.05) is 41.3 Å². The molecule has 0 radical (unpaired) electrons. The lowest BCUT2D eigenvalue weighted by Crippen LogP contribution is -2.32. The van der Waals surface area contributed by atoms with Crippen LogP contribution >= 0.6 is 34.9 Å². The van der Waals surface area contributed by atoms with Crippen molar-refractivity contribution < 1.29 is 9.18 Å². The van der Waals surface area contributed by atoms with Crippen molar-refractivity contribution in [2.75, 3.05) is 29.9 Å². The third-order valence-electron chi connectivity index (χ3n) is 3.44. The number of thioether (sulfide) groups is 2. The molecule has 0 spiro atoms. The molecule has 0 bridgehead atoms. The van der Waals surface area contributed by atoms with Crippen molar-refractivity contribution in [2.24, 2.45) is 0 Å². The molecule has 9 heteroatoms. The van der Waals surface area contributed by atoms with Crippen molar-refractivity contribution in [2.45, 2.75) is 16.6 Å². The van der Waals surface area contributed by atoms with E-state index in [0.29, 0.717) is 12.1 Å². The first-order chi connectivity index (χ1) is 11.7. The first-order valence-corrected chi connectivity index (χ1v) is 10.4. The summed E-state index contributed by atoms with van der Waals surface area (Å²) in [6.45, 7) is 3.42. The zero-order valence-electron chi connectivity index (χ0n) is 13.1. The number of halogens is 1. The fourth-order valence-electron chi connectivity index (χ4n) is 2.36. The first kappa shape index (κ1) is 17.5. The maximum Gasteiger partial charge on any atom is 0.234 e. The molecule has 0 unspecified atom stereocenters.